The zero-order valence-corrected chi connectivity index (χ0v) is 15.7. The Bertz CT molecular complexity index is 1070. The van der Waals surface area contributed by atoms with Crippen molar-refractivity contribution in [2.24, 2.45) is 0 Å². The average Bonchev–Trinajstić information content (AvgIpc) is 3.11. The number of benzene rings is 2. The molecule has 4 rings (SSSR count). The molecule has 0 atom stereocenters. The normalized spacial score (nSPS) is 14.8. The van der Waals surface area contributed by atoms with Crippen LogP contribution in [0.2, 0.25) is 5.02 Å². The summed E-state index contributed by atoms with van der Waals surface area (Å²) >= 11 is 5.80. The fraction of sp³-hybridized carbons (Fsp3) is 0.158. The molecule has 1 fully saturated rings. The molecule has 0 aliphatic carbocycles. The van der Waals surface area contributed by atoms with E-state index in [-0.39, 0.29) is 23.9 Å². The van der Waals surface area contributed by atoms with Crippen molar-refractivity contribution in [3.8, 4) is 11.3 Å². The molecule has 0 unspecified atom stereocenters. The van der Waals surface area contributed by atoms with Crippen molar-refractivity contribution in [2.45, 2.75) is 10.1 Å². The summed E-state index contributed by atoms with van der Waals surface area (Å²) in [4.78, 5) is 18.1. The summed E-state index contributed by atoms with van der Waals surface area (Å²) in [6.45, 7) is 0.208. The van der Waals surface area contributed by atoms with E-state index in [4.69, 9.17) is 16.0 Å². The first-order chi connectivity index (χ1) is 12.9. The van der Waals surface area contributed by atoms with E-state index >= 15 is 0 Å². The minimum absolute atomic E-state index is 0.0452. The summed E-state index contributed by atoms with van der Waals surface area (Å²) in [7, 11) is -3.51. The molecule has 138 valence electrons. The maximum absolute atomic E-state index is 12.6. The van der Waals surface area contributed by atoms with Crippen LogP contribution in [0.4, 0.5) is 0 Å². The van der Waals surface area contributed by atoms with Crippen LogP contribution >= 0.6 is 11.6 Å². The van der Waals surface area contributed by atoms with Gasteiger partial charge in [0, 0.05) is 23.7 Å². The van der Waals surface area contributed by atoms with Gasteiger partial charge in [-0.15, -0.1) is 0 Å². The van der Waals surface area contributed by atoms with E-state index in [1.165, 1.54) is 35.4 Å². The SMILES string of the molecule is O=C(c1ncc(-c2ccccc2)o1)N1CC(S(=O)(=O)c2ccc(Cl)cc2)C1. The molecule has 0 spiro atoms. The van der Waals surface area contributed by atoms with Gasteiger partial charge in [-0.25, -0.2) is 13.4 Å². The highest BCUT2D eigenvalue weighted by molar-refractivity contribution is 7.92. The predicted molar refractivity (Wildman–Crippen MR) is 100 cm³/mol. The zero-order chi connectivity index (χ0) is 19.0. The molecular formula is C19H15ClN2O4S. The van der Waals surface area contributed by atoms with Crippen LogP contribution in [0.3, 0.4) is 0 Å². The lowest BCUT2D eigenvalue weighted by atomic mass is 10.2. The summed E-state index contributed by atoms with van der Waals surface area (Å²) in [6.07, 6.45) is 1.49. The summed E-state index contributed by atoms with van der Waals surface area (Å²) in [5.41, 5.74) is 0.816. The van der Waals surface area contributed by atoms with E-state index in [0.29, 0.717) is 10.8 Å². The minimum Gasteiger partial charge on any atom is -0.432 e. The van der Waals surface area contributed by atoms with Crippen molar-refractivity contribution in [1.29, 1.82) is 0 Å². The third-order valence-corrected chi connectivity index (χ3v) is 6.82. The lowest BCUT2D eigenvalue weighted by Gasteiger charge is -2.37. The lowest BCUT2D eigenvalue weighted by molar-refractivity contribution is 0.0618. The standard InChI is InChI=1S/C19H15ClN2O4S/c20-14-6-8-15(9-7-14)27(24,25)16-11-22(12-16)19(23)18-21-10-17(26-18)13-4-2-1-3-5-13/h1-10,16H,11-12H2. The van der Waals surface area contributed by atoms with Gasteiger partial charge in [0.05, 0.1) is 11.1 Å². The maximum atomic E-state index is 12.6. The second-order valence-electron chi connectivity index (χ2n) is 6.23. The molecule has 3 aromatic rings. The number of nitrogens with zero attached hydrogens (tertiary/aromatic N) is 2. The molecule has 2 heterocycles. The van der Waals surface area contributed by atoms with Crippen LogP contribution in [0.1, 0.15) is 10.7 Å². The Balaban J connectivity index is 1.44. The molecule has 0 bridgehead atoms. The van der Waals surface area contributed by atoms with E-state index < -0.39 is 21.0 Å². The van der Waals surface area contributed by atoms with Gasteiger partial charge in [0.1, 0.15) is 5.25 Å². The number of halogens is 1. The molecule has 0 N–H and O–H groups in total. The first-order valence-corrected chi connectivity index (χ1v) is 10.2. The molecule has 1 saturated heterocycles. The van der Waals surface area contributed by atoms with Gasteiger partial charge in [0.15, 0.2) is 15.6 Å². The van der Waals surface area contributed by atoms with Crippen LogP contribution in [-0.4, -0.2) is 42.5 Å². The molecular weight excluding hydrogens is 388 g/mol. The van der Waals surface area contributed by atoms with Crippen molar-refractivity contribution < 1.29 is 17.6 Å². The average molecular weight is 403 g/mol. The number of hydrogen-bond acceptors (Lipinski definition) is 5. The van der Waals surface area contributed by atoms with E-state index in [9.17, 15) is 13.2 Å². The van der Waals surface area contributed by atoms with Gasteiger partial charge >= 0.3 is 5.91 Å². The Hall–Kier alpha value is -2.64. The van der Waals surface area contributed by atoms with E-state index in [0.717, 1.165) is 5.56 Å². The highest BCUT2D eigenvalue weighted by atomic mass is 35.5. The number of aromatic nitrogens is 1. The highest BCUT2D eigenvalue weighted by Crippen LogP contribution is 2.27. The van der Waals surface area contributed by atoms with E-state index in [2.05, 4.69) is 4.98 Å². The second-order valence-corrected chi connectivity index (χ2v) is 8.89. The van der Waals surface area contributed by atoms with E-state index in [1.807, 2.05) is 30.3 Å². The quantitative estimate of drug-likeness (QED) is 0.668. The Labute approximate surface area is 161 Å². The molecule has 1 aliphatic rings. The summed E-state index contributed by atoms with van der Waals surface area (Å²) < 4.78 is 30.7. The van der Waals surface area contributed by atoms with Gasteiger partial charge in [-0.05, 0) is 24.3 Å². The number of oxazole rings is 1. The summed E-state index contributed by atoms with van der Waals surface area (Å²) in [5, 5.41) is -0.177. The highest BCUT2D eigenvalue weighted by Gasteiger charge is 2.41. The van der Waals surface area contributed by atoms with Crippen LogP contribution in [-0.2, 0) is 9.84 Å². The summed E-state index contributed by atoms with van der Waals surface area (Å²) in [6, 6.07) is 15.3. The van der Waals surface area contributed by atoms with Gasteiger partial charge in [-0.3, -0.25) is 4.79 Å². The van der Waals surface area contributed by atoms with Crippen molar-refractivity contribution in [3.63, 3.8) is 0 Å². The smallest absolute Gasteiger partial charge is 0.309 e. The fourth-order valence-electron chi connectivity index (χ4n) is 2.86. The largest absolute Gasteiger partial charge is 0.432 e. The zero-order valence-electron chi connectivity index (χ0n) is 14.1. The van der Waals surface area contributed by atoms with Crippen LogP contribution in [0.15, 0.2) is 70.1 Å². The van der Waals surface area contributed by atoms with Gasteiger partial charge < -0.3 is 9.32 Å². The summed E-state index contributed by atoms with van der Waals surface area (Å²) in [5.74, 6) is 0.0285. The van der Waals surface area contributed by atoms with E-state index in [1.54, 1.807) is 0 Å². The maximum Gasteiger partial charge on any atom is 0.309 e. The van der Waals surface area contributed by atoms with Gasteiger partial charge in [-0.2, -0.15) is 0 Å². The minimum atomic E-state index is -3.51. The van der Waals surface area contributed by atoms with Gasteiger partial charge in [0.2, 0.25) is 0 Å². The van der Waals surface area contributed by atoms with Crippen molar-refractivity contribution in [1.82, 2.24) is 9.88 Å². The number of likely N-dealkylation sites (tertiary alicyclic amines) is 1. The molecule has 0 saturated carbocycles. The van der Waals surface area contributed by atoms with Crippen LogP contribution in [0.25, 0.3) is 11.3 Å². The van der Waals surface area contributed by atoms with Gasteiger partial charge in [0.25, 0.3) is 5.89 Å². The number of hydrogen-bond donors (Lipinski definition) is 0. The molecule has 1 aromatic heterocycles. The predicted octanol–water partition coefficient (Wildman–Crippen LogP) is 3.29. The molecule has 2 aromatic carbocycles. The second kappa shape index (κ2) is 6.83. The number of sulfone groups is 1. The van der Waals surface area contributed by atoms with Crippen LogP contribution in [0.5, 0.6) is 0 Å². The topological polar surface area (TPSA) is 80.5 Å². The van der Waals surface area contributed by atoms with Gasteiger partial charge in [-0.1, -0.05) is 41.9 Å². The molecule has 27 heavy (non-hydrogen) atoms. The van der Waals surface area contributed by atoms with Crippen LogP contribution < -0.4 is 0 Å². The number of amides is 1. The molecule has 8 heteroatoms. The Morgan fingerprint density at radius 3 is 2.41 bits per heavy atom. The van der Waals surface area contributed by atoms with Crippen molar-refractivity contribution in [3.05, 3.63) is 71.7 Å². The Morgan fingerprint density at radius 2 is 1.74 bits per heavy atom. The number of rotatable bonds is 4. The Kier molecular flexibility index (Phi) is 4.49. The van der Waals surface area contributed by atoms with Crippen molar-refractivity contribution in [2.75, 3.05) is 13.1 Å². The third-order valence-electron chi connectivity index (χ3n) is 4.46. The first-order valence-electron chi connectivity index (χ1n) is 8.25. The Morgan fingerprint density at radius 1 is 1.07 bits per heavy atom. The fourth-order valence-corrected chi connectivity index (χ4v) is 4.64. The number of carbonyl (C=O) groups excluding carboxylic acids is 1. The first kappa shape index (κ1) is 17.8. The molecule has 1 aliphatic heterocycles. The number of carbonyl (C=O) groups is 1. The molecule has 1 amide bonds. The van der Waals surface area contributed by atoms with Crippen LogP contribution in [0, 0.1) is 0 Å². The van der Waals surface area contributed by atoms with Crippen molar-refractivity contribution >= 4 is 27.3 Å². The third kappa shape index (κ3) is 3.36. The molecule has 6 nitrogen and oxygen atoms in total. The monoisotopic (exact) mass is 402 g/mol. The lowest BCUT2D eigenvalue weighted by Crippen LogP contribution is -2.56. The molecule has 0 radical (unpaired) electrons.